The van der Waals surface area contributed by atoms with Crippen LogP contribution in [0.4, 0.5) is 4.79 Å². The SMILES string of the molecule is CN(CC(=O)N1CC(c2ccccc2)C(C)(C)C1)C(N)=O. The second-order valence-corrected chi connectivity index (χ2v) is 6.42. The predicted molar refractivity (Wildman–Crippen MR) is 81.8 cm³/mol. The molecule has 1 aliphatic heterocycles. The molecule has 1 aromatic carbocycles. The minimum Gasteiger partial charge on any atom is -0.351 e. The summed E-state index contributed by atoms with van der Waals surface area (Å²) in [6, 6.07) is 9.68. The summed E-state index contributed by atoms with van der Waals surface area (Å²) in [6.45, 7) is 5.76. The van der Waals surface area contributed by atoms with E-state index in [1.165, 1.54) is 17.5 Å². The van der Waals surface area contributed by atoms with Crippen LogP contribution in [0.15, 0.2) is 30.3 Å². The zero-order valence-corrected chi connectivity index (χ0v) is 12.9. The Labute approximate surface area is 125 Å². The van der Waals surface area contributed by atoms with Gasteiger partial charge in [0, 0.05) is 26.1 Å². The van der Waals surface area contributed by atoms with Crippen molar-refractivity contribution in [3.05, 3.63) is 35.9 Å². The van der Waals surface area contributed by atoms with Gasteiger partial charge in [-0.05, 0) is 11.0 Å². The number of benzene rings is 1. The molecule has 0 aromatic heterocycles. The third kappa shape index (κ3) is 3.35. The number of primary amides is 1. The van der Waals surface area contributed by atoms with Gasteiger partial charge < -0.3 is 15.5 Å². The van der Waals surface area contributed by atoms with Crippen molar-refractivity contribution in [3.63, 3.8) is 0 Å². The summed E-state index contributed by atoms with van der Waals surface area (Å²) in [6.07, 6.45) is 0. The lowest BCUT2D eigenvalue weighted by molar-refractivity contribution is -0.130. The lowest BCUT2D eigenvalue weighted by Gasteiger charge is -2.25. The fourth-order valence-corrected chi connectivity index (χ4v) is 2.95. The van der Waals surface area contributed by atoms with Crippen LogP contribution in [0, 0.1) is 5.41 Å². The van der Waals surface area contributed by atoms with Crippen molar-refractivity contribution in [2.24, 2.45) is 11.1 Å². The van der Waals surface area contributed by atoms with Crippen molar-refractivity contribution in [1.29, 1.82) is 0 Å². The highest BCUT2D eigenvalue weighted by atomic mass is 16.2. The Kier molecular flexibility index (Phi) is 4.21. The molecular weight excluding hydrogens is 266 g/mol. The number of likely N-dealkylation sites (tertiary alicyclic amines) is 1. The van der Waals surface area contributed by atoms with Gasteiger partial charge in [-0.15, -0.1) is 0 Å². The molecular formula is C16H23N3O2. The van der Waals surface area contributed by atoms with Gasteiger partial charge in [0.05, 0.1) is 0 Å². The molecule has 114 valence electrons. The Hall–Kier alpha value is -2.04. The van der Waals surface area contributed by atoms with E-state index in [1.54, 1.807) is 0 Å². The van der Waals surface area contributed by atoms with Gasteiger partial charge >= 0.3 is 6.03 Å². The topological polar surface area (TPSA) is 66.6 Å². The Morgan fingerprint density at radius 1 is 1.33 bits per heavy atom. The number of likely N-dealkylation sites (N-methyl/N-ethyl adjacent to an activating group) is 1. The Balaban J connectivity index is 2.09. The first kappa shape index (κ1) is 15.4. The molecule has 0 aliphatic carbocycles. The standard InChI is InChI=1S/C16H23N3O2/c1-16(2)11-19(14(20)10-18(3)15(17)21)9-13(16)12-7-5-4-6-8-12/h4-8,13H,9-11H2,1-3H3,(H2,17,21). The minimum absolute atomic E-state index is 0.0162. The van der Waals surface area contributed by atoms with Crippen molar-refractivity contribution in [3.8, 4) is 0 Å². The summed E-state index contributed by atoms with van der Waals surface area (Å²) in [5.74, 6) is 0.254. The van der Waals surface area contributed by atoms with E-state index in [1.807, 2.05) is 23.1 Å². The van der Waals surface area contributed by atoms with Gasteiger partial charge in [-0.25, -0.2) is 4.79 Å². The Morgan fingerprint density at radius 3 is 2.52 bits per heavy atom. The van der Waals surface area contributed by atoms with Crippen LogP contribution in [-0.2, 0) is 4.79 Å². The van der Waals surface area contributed by atoms with Gasteiger partial charge in [-0.2, -0.15) is 0 Å². The average Bonchev–Trinajstić information content (AvgIpc) is 2.75. The van der Waals surface area contributed by atoms with Crippen LogP contribution in [0.25, 0.3) is 0 Å². The van der Waals surface area contributed by atoms with E-state index >= 15 is 0 Å². The van der Waals surface area contributed by atoms with Crippen molar-refractivity contribution in [1.82, 2.24) is 9.80 Å². The van der Waals surface area contributed by atoms with E-state index in [4.69, 9.17) is 5.73 Å². The molecule has 1 aromatic rings. The largest absolute Gasteiger partial charge is 0.351 e. The maximum Gasteiger partial charge on any atom is 0.314 e. The molecule has 1 unspecified atom stereocenters. The van der Waals surface area contributed by atoms with Crippen LogP contribution >= 0.6 is 0 Å². The van der Waals surface area contributed by atoms with E-state index in [2.05, 4.69) is 26.0 Å². The summed E-state index contributed by atoms with van der Waals surface area (Å²) in [5, 5.41) is 0. The number of carbonyl (C=O) groups is 2. The molecule has 1 fully saturated rings. The highest BCUT2D eigenvalue weighted by Gasteiger charge is 2.41. The van der Waals surface area contributed by atoms with Crippen molar-refractivity contribution in [2.75, 3.05) is 26.7 Å². The third-order valence-electron chi connectivity index (χ3n) is 4.25. The smallest absolute Gasteiger partial charge is 0.314 e. The Bertz CT molecular complexity index is 528. The molecule has 1 saturated heterocycles. The van der Waals surface area contributed by atoms with Gasteiger partial charge in [0.15, 0.2) is 0 Å². The molecule has 1 atom stereocenters. The van der Waals surface area contributed by atoms with Crippen LogP contribution in [0.5, 0.6) is 0 Å². The first-order valence-corrected chi connectivity index (χ1v) is 7.14. The number of nitrogens with two attached hydrogens (primary N) is 1. The van der Waals surface area contributed by atoms with Gasteiger partial charge in [-0.3, -0.25) is 4.79 Å². The van der Waals surface area contributed by atoms with Crippen molar-refractivity contribution in [2.45, 2.75) is 19.8 Å². The average molecular weight is 289 g/mol. The second-order valence-electron chi connectivity index (χ2n) is 6.42. The van der Waals surface area contributed by atoms with Crippen LogP contribution < -0.4 is 5.73 Å². The van der Waals surface area contributed by atoms with Crippen LogP contribution in [0.2, 0.25) is 0 Å². The normalized spacial score (nSPS) is 20.3. The van der Waals surface area contributed by atoms with Crippen LogP contribution in [-0.4, -0.2) is 48.4 Å². The third-order valence-corrected chi connectivity index (χ3v) is 4.25. The maximum absolute atomic E-state index is 12.3. The molecule has 5 heteroatoms. The minimum atomic E-state index is -0.582. The van der Waals surface area contributed by atoms with E-state index in [9.17, 15) is 9.59 Å². The Morgan fingerprint density at radius 2 is 1.95 bits per heavy atom. The summed E-state index contributed by atoms with van der Waals surface area (Å²) in [4.78, 5) is 26.4. The zero-order chi connectivity index (χ0) is 15.6. The molecule has 2 rings (SSSR count). The molecule has 1 aliphatic rings. The molecule has 0 radical (unpaired) electrons. The van der Waals surface area contributed by atoms with Crippen LogP contribution in [0.1, 0.15) is 25.3 Å². The summed E-state index contributed by atoms with van der Waals surface area (Å²) < 4.78 is 0. The fraction of sp³-hybridized carbons (Fsp3) is 0.500. The molecule has 1 heterocycles. The summed E-state index contributed by atoms with van der Waals surface area (Å²) in [7, 11) is 1.54. The van der Waals surface area contributed by atoms with E-state index in [0.717, 1.165) is 0 Å². The highest BCUT2D eigenvalue weighted by molar-refractivity contribution is 5.83. The first-order chi connectivity index (χ1) is 9.81. The van der Waals surface area contributed by atoms with Crippen LogP contribution in [0.3, 0.4) is 0 Å². The quantitative estimate of drug-likeness (QED) is 0.919. The van der Waals surface area contributed by atoms with Gasteiger partial charge in [0.2, 0.25) is 5.91 Å². The van der Waals surface area contributed by atoms with Gasteiger partial charge in [0.25, 0.3) is 0 Å². The molecule has 0 spiro atoms. The van der Waals surface area contributed by atoms with E-state index < -0.39 is 6.03 Å². The number of carbonyl (C=O) groups excluding carboxylic acids is 2. The molecule has 2 N–H and O–H groups in total. The molecule has 3 amide bonds. The predicted octanol–water partition coefficient (Wildman–Crippen LogP) is 1.65. The van der Waals surface area contributed by atoms with Gasteiger partial charge in [0.1, 0.15) is 6.54 Å². The maximum atomic E-state index is 12.3. The first-order valence-electron chi connectivity index (χ1n) is 7.14. The lowest BCUT2D eigenvalue weighted by Crippen LogP contribution is -2.42. The number of hydrogen-bond acceptors (Lipinski definition) is 2. The molecule has 0 saturated carbocycles. The van der Waals surface area contributed by atoms with Crippen molar-refractivity contribution < 1.29 is 9.59 Å². The molecule has 5 nitrogen and oxygen atoms in total. The zero-order valence-electron chi connectivity index (χ0n) is 12.9. The van der Waals surface area contributed by atoms with Gasteiger partial charge in [-0.1, -0.05) is 44.2 Å². The van der Waals surface area contributed by atoms with Crippen molar-refractivity contribution >= 4 is 11.9 Å². The number of amides is 3. The fourth-order valence-electron chi connectivity index (χ4n) is 2.95. The second kappa shape index (κ2) is 5.76. The van der Waals surface area contributed by atoms with E-state index in [0.29, 0.717) is 19.0 Å². The number of nitrogens with zero attached hydrogens (tertiary/aromatic N) is 2. The summed E-state index contributed by atoms with van der Waals surface area (Å²) in [5.41, 5.74) is 6.44. The monoisotopic (exact) mass is 289 g/mol. The summed E-state index contributed by atoms with van der Waals surface area (Å²) >= 11 is 0. The molecule has 0 bridgehead atoms. The molecule has 21 heavy (non-hydrogen) atoms. The lowest BCUT2D eigenvalue weighted by atomic mass is 9.78. The number of urea groups is 1. The number of hydrogen-bond donors (Lipinski definition) is 1. The number of rotatable bonds is 3. The highest BCUT2D eigenvalue weighted by Crippen LogP contribution is 2.42. The van der Waals surface area contributed by atoms with E-state index in [-0.39, 0.29) is 17.9 Å².